The van der Waals surface area contributed by atoms with Crippen LogP contribution >= 0.6 is 0 Å². The maximum Gasteiger partial charge on any atom is 0.326 e. The van der Waals surface area contributed by atoms with Crippen LogP contribution in [0.2, 0.25) is 0 Å². The molecule has 1 aromatic heterocycles. The summed E-state index contributed by atoms with van der Waals surface area (Å²) in [4.78, 5) is 13.9. The topological polar surface area (TPSA) is 96.4 Å². The van der Waals surface area contributed by atoms with Gasteiger partial charge in [-0.15, -0.1) is 0 Å². The molecule has 1 heterocycles. The van der Waals surface area contributed by atoms with E-state index in [1.165, 1.54) is 4.57 Å². The quantitative estimate of drug-likeness (QED) is 0.264. The van der Waals surface area contributed by atoms with Crippen LogP contribution in [-0.2, 0) is 7.05 Å². The lowest BCUT2D eigenvalue weighted by Crippen LogP contribution is -2.12. The summed E-state index contributed by atoms with van der Waals surface area (Å²) in [5, 5.41) is 11.4. The van der Waals surface area contributed by atoms with E-state index in [-0.39, 0.29) is 11.5 Å². The van der Waals surface area contributed by atoms with Crippen molar-refractivity contribution in [3.05, 3.63) is 34.2 Å². The molecule has 0 aliphatic rings. The summed E-state index contributed by atoms with van der Waals surface area (Å²) in [7, 11) is 1.67. The first-order valence-electron chi connectivity index (χ1n) is 4.30. The Morgan fingerprint density at radius 2 is 2.33 bits per heavy atom. The first kappa shape index (κ1) is 9.32. The monoisotopic (exact) mass is 206 g/mol. The van der Waals surface area contributed by atoms with Crippen LogP contribution in [0.3, 0.4) is 0 Å². The van der Waals surface area contributed by atoms with Crippen LogP contribution in [0.1, 0.15) is 5.56 Å². The number of benzene rings is 1. The van der Waals surface area contributed by atoms with E-state index in [2.05, 4.69) is 10.1 Å². The number of aromatic nitrogens is 2. The fourth-order valence-electron chi connectivity index (χ4n) is 1.45. The SMILES string of the molecule is Cn1c(=O)[nH]c2cc(/C(N)=N\O)ccc21. The van der Waals surface area contributed by atoms with Crippen molar-refractivity contribution < 1.29 is 5.21 Å². The van der Waals surface area contributed by atoms with Crippen molar-refractivity contribution >= 4 is 16.9 Å². The molecule has 2 aromatic rings. The molecule has 0 atom stereocenters. The summed E-state index contributed by atoms with van der Waals surface area (Å²) in [6.07, 6.45) is 0. The minimum absolute atomic E-state index is 0.0154. The number of aryl methyl sites for hydroxylation is 1. The smallest absolute Gasteiger partial charge is 0.326 e. The van der Waals surface area contributed by atoms with E-state index in [9.17, 15) is 4.79 Å². The van der Waals surface area contributed by atoms with E-state index in [1.54, 1.807) is 25.2 Å². The number of fused-ring (bicyclic) bond motifs is 1. The lowest BCUT2D eigenvalue weighted by Gasteiger charge is -1.98. The van der Waals surface area contributed by atoms with Crippen LogP contribution in [0.4, 0.5) is 0 Å². The van der Waals surface area contributed by atoms with Gasteiger partial charge >= 0.3 is 5.69 Å². The van der Waals surface area contributed by atoms with E-state index in [4.69, 9.17) is 10.9 Å². The second kappa shape index (κ2) is 3.16. The van der Waals surface area contributed by atoms with Crippen molar-refractivity contribution in [2.75, 3.05) is 0 Å². The Morgan fingerprint density at radius 3 is 3.00 bits per heavy atom. The van der Waals surface area contributed by atoms with Gasteiger partial charge < -0.3 is 15.9 Å². The number of nitrogens with zero attached hydrogens (tertiary/aromatic N) is 2. The highest BCUT2D eigenvalue weighted by molar-refractivity contribution is 5.99. The first-order chi connectivity index (χ1) is 7.13. The summed E-state index contributed by atoms with van der Waals surface area (Å²) in [6, 6.07) is 5.08. The molecule has 1 aromatic carbocycles. The molecule has 4 N–H and O–H groups in total. The highest BCUT2D eigenvalue weighted by atomic mass is 16.4. The van der Waals surface area contributed by atoms with Crippen LogP contribution in [0.15, 0.2) is 28.1 Å². The summed E-state index contributed by atoms with van der Waals surface area (Å²) < 4.78 is 1.49. The van der Waals surface area contributed by atoms with Crippen molar-refractivity contribution in [3.8, 4) is 0 Å². The number of nitrogens with one attached hydrogen (secondary N) is 1. The lowest BCUT2D eigenvalue weighted by atomic mass is 10.2. The van der Waals surface area contributed by atoms with Gasteiger partial charge in [0.2, 0.25) is 0 Å². The summed E-state index contributed by atoms with van der Waals surface area (Å²) >= 11 is 0. The molecule has 0 saturated carbocycles. The zero-order valence-electron chi connectivity index (χ0n) is 8.06. The number of rotatable bonds is 1. The summed E-state index contributed by atoms with van der Waals surface area (Å²) in [5.74, 6) is 0.0154. The Labute approximate surface area is 84.6 Å². The molecule has 0 amide bonds. The Balaban J connectivity index is 2.72. The predicted molar refractivity (Wildman–Crippen MR) is 56.1 cm³/mol. The maximum atomic E-state index is 11.3. The molecular formula is C9H10N4O2. The Morgan fingerprint density at radius 1 is 1.60 bits per heavy atom. The maximum absolute atomic E-state index is 11.3. The third kappa shape index (κ3) is 1.35. The number of amidine groups is 1. The van der Waals surface area contributed by atoms with Gasteiger partial charge in [-0.1, -0.05) is 5.16 Å². The highest BCUT2D eigenvalue weighted by Crippen LogP contribution is 2.11. The zero-order chi connectivity index (χ0) is 11.0. The van der Waals surface area contributed by atoms with Crippen molar-refractivity contribution in [1.29, 1.82) is 0 Å². The molecule has 0 aliphatic carbocycles. The van der Waals surface area contributed by atoms with Gasteiger partial charge in [0.05, 0.1) is 11.0 Å². The Kier molecular flexibility index (Phi) is 1.96. The van der Waals surface area contributed by atoms with Gasteiger partial charge in [0, 0.05) is 12.6 Å². The van der Waals surface area contributed by atoms with Gasteiger partial charge in [0.25, 0.3) is 0 Å². The number of nitrogens with two attached hydrogens (primary N) is 1. The van der Waals surface area contributed by atoms with Crippen LogP contribution in [0.5, 0.6) is 0 Å². The van der Waals surface area contributed by atoms with Crippen molar-refractivity contribution in [2.45, 2.75) is 0 Å². The molecule has 0 saturated heterocycles. The Bertz CT molecular complexity index is 594. The molecule has 6 heteroatoms. The second-order valence-electron chi connectivity index (χ2n) is 3.21. The summed E-state index contributed by atoms with van der Waals surface area (Å²) in [5.41, 5.74) is 7.23. The fourth-order valence-corrected chi connectivity index (χ4v) is 1.45. The van der Waals surface area contributed by atoms with Crippen molar-refractivity contribution in [3.63, 3.8) is 0 Å². The molecule has 6 nitrogen and oxygen atoms in total. The number of imidazole rings is 1. The third-order valence-corrected chi connectivity index (χ3v) is 2.31. The number of hydrogen-bond acceptors (Lipinski definition) is 3. The van der Waals surface area contributed by atoms with Crippen LogP contribution in [0.25, 0.3) is 11.0 Å². The first-order valence-corrected chi connectivity index (χ1v) is 4.30. The highest BCUT2D eigenvalue weighted by Gasteiger charge is 2.05. The molecule has 0 bridgehead atoms. The summed E-state index contributed by atoms with van der Waals surface area (Å²) in [6.45, 7) is 0. The van der Waals surface area contributed by atoms with E-state index in [1.807, 2.05) is 0 Å². The molecule has 0 radical (unpaired) electrons. The predicted octanol–water partition coefficient (Wildman–Crippen LogP) is -0.0389. The van der Waals surface area contributed by atoms with Gasteiger partial charge in [-0.2, -0.15) is 0 Å². The van der Waals surface area contributed by atoms with E-state index < -0.39 is 0 Å². The van der Waals surface area contributed by atoms with E-state index >= 15 is 0 Å². The second-order valence-corrected chi connectivity index (χ2v) is 3.21. The van der Waals surface area contributed by atoms with Crippen LogP contribution in [-0.4, -0.2) is 20.6 Å². The molecule has 2 rings (SSSR count). The van der Waals surface area contributed by atoms with Gasteiger partial charge in [0.1, 0.15) is 0 Å². The normalized spacial score (nSPS) is 12.2. The standard InChI is InChI=1S/C9H10N4O2/c1-13-7-3-2-5(8(10)12-15)4-6(7)11-9(13)14/h2-4,15H,1H3,(H2,10,12)(H,11,14). The number of hydrogen-bond donors (Lipinski definition) is 3. The number of H-pyrrole nitrogens is 1. The minimum atomic E-state index is -0.193. The Hall–Kier alpha value is -2.24. The molecular weight excluding hydrogens is 196 g/mol. The van der Waals surface area contributed by atoms with Crippen LogP contribution < -0.4 is 11.4 Å². The molecule has 78 valence electrons. The average molecular weight is 206 g/mol. The molecule has 0 aliphatic heterocycles. The van der Waals surface area contributed by atoms with Gasteiger partial charge in [-0.25, -0.2) is 4.79 Å². The fraction of sp³-hybridized carbons (Fsp3) is 0.111. The average Bonchev–Trinajstić information content (AvgIpc) is 2.53. The zero-order valence-corrected chi connectivity index (χ0v) is 8.06. The van der Waals surface area contributed by atoms with Gasteiger partial charge in [0.15, 0.2) is 5.84 Å². The molecule has 0 spiro atoms. The third-order valence-electron chi connectivity index (χ3n) is 2.31. The van der Waals surface area contributed by atoms with Crippen molar-refractivity contribution in [2.24, 2.45) is 17.9 Å². The largest absolute Gasteiger partial charge is 0.409 e. The van der Waals surface area contributed by atoms with Gasteiger partial charge in [-0.05, 0) is 18.2 Å². The minimum Gasteiger partial charge on any atom is -0.409 e. The van der Waals surface area contributed by atoms with Crippen molar-refractivity contribution in [1.82, 2.24) is 9.55 Å². The number of oxime groups is 1. The lowest BCUT2D eigenvalue weighted by molar-refractivity contribution is 0.318. The van der Waals surface area contributed by atoms with E-state index in [0.29, 0.717) is 11.1 Å². The molecule has 15 heavy (non-hydrogen) atoms. The van der Waals surface area contributed by atoms with Gasteiger partial charge in [-0.3, -0.25) is 4.57 Å². The van der Waals surface area contributed by atoms with E-state index in [0.717, 1.165) is 5.52 Å². The van der Waals surface area contributed by atoms with Crippen LogP contribution in [0, 0.1) is 0 Å². The molecule has 0 unspecified atom stereocenters. The number of aromatic amines is 1. The molecule has 0 fully saturated rings.